The van der Waals surface area contributed by atoms with Crippen LogP contribution in [-0.2, 0) is 9.59 Å². The Morgan fingerprint density at radius 2 is 1.92 bits per heavy atom. The summed E-state index contributed by atoms with van der Waals surface area (Å²) >= 11 is 5.88. The lowest BCUT2D eigenvalue weighted by Gasteiger charge is -2.08. The second kappa shape index (κ2) is 8.69. The molecule has 2 amide bonds. The Bertz CT molecular complexity index is 765. The molecule has 0 fully saturated rings. The third kappa shape index (κ3) is 5.73. The summed E-state index contributed by atoms with van der Waals surface area (Å²) in [6, 6.07) is 12.5. The summed E-state index contributed by atoms with van der Waals surface area (Å²) in [5, 5.41) is 0.382. The van der Waals surface area contributed by atoms with Gasteiger partial charge in [0.05, 0.1) is 5.02 Å². The number of rotatable bonds is 5. The van der Waals surface area contributed by atoms with E-state index in [2.05, 4.69) is 10.9 Å². The second-order valence-corrected chi connectivity index (χ2v) is 5.05. The van der Waals surface area contributed by atoms with Gasteiger partial charge in [0, 0.05) is 6.08 Å². The van der Waals surface area contributed by atoms with Gasteiger partial charge in [-0.15, -0.1) is 0 Å². The van der Waals surface area contributed by atoms with Gasteiger partial charge in [-0.1, -0.05) is 35.9 Å². The molecular formula is C17H14ClFN2O3. The molecule has 124 valence electrons. The number of hydrazine groups is 1. The normalized spacial score (nSPS) is 10.4. The Hall–Kier alpha value is -2.86. The van der Waals surface area contributed by atoms with E-state index < -0.39 is 17.6 Å². The standard InChI is InChI=1S/C17H14ClFN2O3/c18-14-6-1-2-7-15(14)24-11-17(23)21-20-16(22)9-8-12-4-3-5-13(19)10-12/h1-10H,11H2,(H,20,22)(H,21,23). The summed E-state index contributed by atoms with van der Waals surface area (Å²) in [6.07, 6.45) is 2.59. The Labute approximate surface area is 143 Å². The second-order valence-electron chi connectivity index (χ2n) is 4.64. The van der Waals surface area contributed by atoms with Crippen molar-refractivity contribution in [3.8, 4) is 5.75 Å². The van der Waals surface area contributed by atoms with Crippen molar-refractivity contribution in [1.29, 1.82) is 0 Å². The van der Waals surface area contributed by atoms with E-state index in [4.69, 9.17) is 16.3 Å². The van der Waals surface area contributed by atoms with Crippen molar-refractivity contribution in [2.75, 3.05) is 6.61 Å². The van der Waals surface area contributed by atoms with Crippen LogP contribution >= 0.6 is 11.6 Å². The smallest absolute Gasteiger partial charge is 0.276 e. The fraction of sp³-hybridized carbons (Fsp3) is 0.0588. The molecular weight excluding hydrogens is 335 g/mol. The minimum absolute atomic E-state index is 0.308. The highest BCUT2D eigenvalue weighted by atomic mass is 35.5. The van der Waals surface area contributed by atoms with Crippen molar-refractivity contribution in [3.63, 3.8) is 0 Å². The fourth-order valence-electron chi connectivity index (χ4n) is 1.70. The highest BCUT2D eigenvalue weighted by Gasteiger charge is 2.05. The number of para-hydroxylation sites is 1. The first-order valence-corrected chi connectivity index (χ1v) is 7.32. The Balaban J connectivity index is 1.75. The van der Waals surface area contributed by atoms with Crippen molar-refractivity contribution in [3.05, 3.63) is 71.0 Å². The van der Waals surface area contributed by atoms with Crippen LogP contribution in [0.3, 0.4) is 0 Å². The molecule has 7 heteroatoms. The number of hydrogen-bond acceptors (Lipinski definition) is 3. The van der Waals surface area contributed by atoms with Crippen LogP contribution in [0.15, 0.2) is 54.6 Å². The molecule has 0 bridgehead atoms. The van der Waals surface area contributed by atoms with E-state index in [1.165, 1.54) is 30.4 Å². The molecule has 0 saturated carbocycles. The number of carbonyl (C=O) groups excluding carboxylic acids is 2. The molecule has 0 aromatic heterocycles. The zero-order valence-corrected chi connectivity index (χ0v) is 13.2. The summed E-state index contributed by atoms with van der Waals surface area (Å²) in [4.78, 5) is 23.1. The van der Waals surface area contributed by atoms with Crippen LogP contribution in [0.25, 0.3) is 6.08 Å². The number of benzene rings is 2. The zero-order chi connectivity index (χ0) is 17.4. The first-order valence-electron chi connectivity index (χ1n) is 6.94. The summed E-state index contributed by atoms with van der Waals surface area (Å²) in [5.74, 6) is -1.15. The van der Waals surface area contributed by atoms with Gasteiger partial charge in [0.1, 0.15) is 11.6 Å². The first-order chi connectivity index (χ1) is 11.5. The van der Waals surface area contributed by atoms with E-state index in [1.54, 1.807) is 30.3 Å². The number of halogens is 2. The number of ether oxygens (including phenoxy) is 1. The molecule has 0 unspecified atom stereocenters. The largest absolute Gasteiger partial charge is 0.482 e. The van der Waals surface area contributed by atoms with E-state index in [0.717, 1.165) is 0 Å². The van der Waals surface area contributed by atoms with Crippen molar-refractivity contribution >= 4 is 29.5 Å². The lowest BCUT2D eigenvalue weighted by atomic mass is 10.2. The van der Waals surface area contributed by atoms with Crippen LogP contribution in [-0.4, -0.2) is 18.4 Å². The molecule has 24 heavy (non-hydrogen) atoms. The molecule has 5 nitrogen and oxygen atoms in total. The van der Waals surface area contributed by atoms with Crippen molar-refractivity contribution < 1.29 is 18.7 Å². The Kier molecular flexibility index (Phi) is 6.33. The lowest BCUT2D eigenvalue weighted by molar-refractivity contribution is -0.128. The molecule has 2 N–H and O–H groups in total. The van der Waals surface area contributed by atoms with Crippen molar-refractivity contribution in [2.24, 2.45) is 0 Å². The van der Waals surface area contributed by atoms with Crippen molar-refractivity contribution in [1.82, 2.24) is 10.9 Å². The van der Waals surface area contributed by atoms with E-state index in [-0.39, 0.29) is 6.61 Å². The molecule has 2 aromatic rings. The van der Waals surface area contributed by atoms with E-state index >= 15 is 0 Å². The van der Waals surface area contributed by atoms with Gasteiger partial charge in [0.25, 0.3) is 11.8 Å². The SMILES string of the molecule is O=C(C=Cc1cccc(F)c1)NNC(=O)COc1ccccc1Cl. The van der Waals surface area contributed by atoms with Crippen LogP contribution in [0.2, 0.25) is 5.02 Å². The maximum atomic E-state index is 13.0. The lowest BCUT2D eigenvalue weighted by Crippen LogP contribution is -2.43. The minimum atomic E-state index is -0.564. The molecule has 0 spiro atoms. The molecule has 0 aliphatic carbocycles. The van der Waals surface area contributed by atoms with Crippen LogP contribution in [0, 0.1) is 5.82 Å². The van der Waals surface area contributed by atoms with Gasteiger partial charge in [-0.3, -0.25) is 20.4 Å². The Morgan fingerprint density at radius 1 is 1.12 bits per heavy atom. The van der Waals surface area contributed by atoms with Gasteiger partial charge < -0.3 is 4.74 Å². The zero-order valence-electron chi connectivity index (χ0n) is 12.5. The highest BCUT2D eigenvalue weighted by Crippen LogP contribution is 2.22. The van der Waals surface area contributed by atoms with E-state index in [9.17, 15) is 14.0 Å². The molecule has 0 aliphatic heterocycles. The predicted molar refractivity (Wildman–Crippen MR) is 88.7 cm³/mol. The molecule has 2 aromatic carbocycles. The third-order valence-electron chi connectivity index (χ3n) is 2.80. The quantitative estimate of drug-likeness (QED) is 0.645. The Morgan fingerprint density at radius 3 is 2.67 bits per heavy atom. The van der Waals surface area contributed by atoms with Crippen LogP contribution in [0.5, 0.6) is 5.75 Å². The van der Waals surface area contributed by atoms with Gasteiger partial charge >= 0.3 is 0 Å². The molecule has 0 aliphatic rings. The molecule has 0 saturated heterocycles. The monoisotopic (exact) mass is 348 g/mol. The van der Waals surface area contributed by atoms with E-state index in [1.807, 2.05) is 0 Å². The average Bonchev–Trinajstić information content (AvgIpc) is 2.57. The van der Waals surface area contributed by atoms with Gasteiger partial charge in [-0.25, -0.2) is 4.39 Å². The number of hydrogen-bond donors (Lipinski definition) is 2. The number of nitrogens with one attached hydrogen (secondary N) is 2. The topological polar surface area (TPSA) is 67.4 Å². The van der Waals surface area contributed by atoms with Crippen molar-refractivity contribution in [2.45, 2.75) is 0 Å². The highest BCUT2D eigenvalue weighted by molar-refractivity contribution is 6.32. The van der Waals surface area contributed by atoms with Crippen LogP contribution < -0.4 is 15.6 Å². The van der Waals surface area contributed by atoms with Crippen LogP contribution in [0.1, 0.15) is 5.56 Å². The van der Waals surface area contributed by atoms with Gasteiger partial charge in [0.2, 0.25) is 0 Å². The number of amides is 2. The van der Waals surface area contributed by atoms with Crippen LogP contribution in [0.4, 0.5) is 4.39 Å². The summed E-state index contributed by atoms with van der Waals surface area (Å²) in [6.45, 7) is -0.308. The summed E-state index contributed by atoms with van der Waals surface area (Å²) < 4.78 is 18.2. The molecule has 2 rings (SSSR count). The van der Waals surface area contributed by atoms with E-state index in [0.29, 0.717) is 16.3 Å². The first kappa shape index (κ1) is 17.5. The maximum Gasteiger partial charge on any atom is 0.276 e. The number of carbonyl (C=O) groups is 2. The van der Waals surface area contributed by atoms with Gasteiger partial charge in [-0.2, -0.15) is 0 Å². The molecule has 0 atom stereocenters. The molecule has 0 radical (unpaired) electrons. The van der Waals surface area contributed by atoms with Gasteiger partial charge in [0.15, 0.2) is 6.61 Å². The summed E-state index contributed by atoms with van der Waals surface area (Å²) in [7, 11) is 0. The summed E-state index contributed by atoms with van der Waals surface area (Å²) in [5.41, 5.74) is 4.90. The fourth-order valence-corrected chi connectivity index (χ4v) is 1.89. The predicted octanol–water partition coefficient (Wildman–Crippen LogP) is 2.72. The average molecular weight is 349 g/mol. The third-order valence-corrected chi connectivity index (χ3v) is 3.11. The molecule has 0 heterocycles. The maximum absolute atomic E-state index is 13.0. The van der Waals surface area contributed by atoms with Gasteiger partial charge in [-0.05, 0) is 35.9 Å². The minimum Gasteiger partial charge on any atom is -0.482 e.